The molecule has 1 fully saturated rings. The summed E-state index contributed by atoms with van der Waals surface area (Å²) in [6.45, 7) is 0. The first-order valence-corrected chi connectivity index (χ1v) is 14.5. The molecule has 4 heterocycles. The number of thioether (sulfide) groups is 2. The Hall–Kier alpha value is -3.07. The first kappa shape index (κ1) is 26.5. The van der Waals surface area contributed by atoms with Crippen LogP contribution in [0.2, 0.25) is 0 Å². The fraction of sp³-hybridized carbons (Fsp3) is 0.167. The third-order valence-corrected chi connectivity index (χ3v) is 9.98. The van der Waals surface area contributed by atoms with Gasteiger partial charge < -0.3 is 10.4 Å². The van der Waals surface area contributed by atoms with Gasteiger partial charge in [0.2, 0.25) is 5.91 Å². The summed E-state index contributed by atoms with van der Waals surface area (Å²) in [5.41, 5.74) is -0.572. The van der Waals surface area contributed by atoms with Crippen molar-refractivity contribution in [1.82, 2.24) is 10.2 Å². The van der Waals surface area contributed by atoms with E-state index in [-0.39, 0.29) is 38.1 Å². The van der Waals surface area contributed by atoms with Crippen LogP contribution in [0.1, 0.15) is 4.88 Å². The highest BCUT2D eigenvalue weighted by Gasteiger charge is 2.53. The number of hydrogen-bond donors (Lipinski definition) is 2. The molecular weight excluding hydrogens is 582 g/mol. The molecule has 2 amide bonds. The number of halogens is 3. The molecule has 7 nitrogen and oxygen atoms in total. The van der Waals surface area contributed by atoms with Crippen LogP contribution in [0.25, 0.3) is 10.1 Å². The predicted molar refractivity (Wildman–Crippen MR) is 141 cm³/mol. The van der Waals surface area contributed by atoms with Crippen LogP contribution in [-0.4, -0.2) is 45.0 Å². The Morgan fingerprint density at radius 2 is 2.00 bits per heavy atom. The van der Waals surface area contributed by atoms with Crippen LogP contribution in [-0.2, 0) is 20.8 Å². The van der Waals surface area contributed by atoms with Crippen molar-refractivity contribution in [3.63, 3.8) is 0 Å². The molecule has 14 heteroatoms. The van der Waals surface area contributed by atoms with E-state index in [0.29, 0.717) is 11.6 Å². The van der Waals surface area contributed by atoms with Crippen molar-refractivity contribution in [2.75, 3.05) is 5.75 Å². The second-order valence-electron chi connectivity index (χ2n) is 8.10. The van der Waals surface area contributed by atoms with Crippen molar-refractivity contribution in [1.29, 1.82) is 0 Å². The molecule has 0 spiro atoms. The maximum atomic E-state index is 14.2. The zero-order valence-corrected chi connectivity index (χ0v) is 22.2. The summed E-state index contributed by atoms with van der Waals surface area (Å²) in [6.07, 6.45) is 1.59. The van der Waals surface area contributed by atoms with Gasteiger partial charge in [0.25, 0.3) is 5.91 Å². The molecule has 0 bridgehead atoms. The number of fused-ring (bicyclic) bond motifs is 2. The van der Waals surface area contributed by atoms with Gasteiger partial charge >= 0.3 is 5.97 Å². The topological polar surface area (TPSA) is 104 Å². The molecule has 196 valence electrons. The van der Waals surface area contributed by atoms with Gasteiger partial charge in [-0.3, -0.25) is 19.3 Å². The summed E-state index contributed by atoms with van der Waals surface area (Å²) in [4.78, 5) is 51.4. The summed E-state index contributed by atoms with van der Waals surface area (Å²) in [5, 5.41) is 15.0. The number of nitrogens with zero attached hydrogens (tertiary/aromatic N) is 1. The summed E-state index contributed by atoms with van der Waals surface area (Å²) < 4.78 is 41.3. The molecule has 38 heavy (non-hydrogen) atoms. The van der Waals surface area contributed by atoms with E-state index in [0.717, 1.165) is 38.9 Å². The minimum atomic E-state index is -1.67. The standard InChI is InChI=1S/C24H15F3N2O5S4/c25-13-7-12-14(30)8-16(38-21(12)18(27)17(13)26)36-5-3-10-9-37-23-19(22(32)29(23)20(10)24(33)34)28-15(31)6-11-2-1-4-35-11/h1-5,7-8,19,23H,6,9H2,(H,28,31)(H,33,34)/b5-3+. The van der Waals surface area contributed by atoms with E-state index in [9.17, 15) is 37.5 Å². The van der Waals surface area contributed by atoms with Gasteiger partial charge in [0.15, 0.2) is 22.9 Å². The van der Waals surface area contributed by atoms with Crippen molar-refractivity contribution >= 4 is 74.1 Å². The number of carboxylic acids is 1. The van der Waals surface area contributed by atoms with Crippen LogP contribution in [0.15, 0.2) is 61.4 Å². The lowest BCUT2D eigenvalue weighted by Gasteiger charge is -2.49. The Balaban J connectivity index is 1.33. The number of rotatable bonds is 7. The lowest BCUT2D eigenvalue weighted by atomic mass is 10.0. The molecule has 3 aromatic rings. The molecule has 0 radical (unpaired) electrons. The Morgan fingerprint density at radius 1 is 1.21 bits per heavy atom. The number of thiophene rings is 1. The first-order chi connectivity index (χ1) is 18.2. The number of benzene rings is 1. The number of nitrogens with one attached hydrogen (secondary N) is 1. The number of carbonyl (C=O) groups is 3. The van der Waals surface area contributed by atoms with E-state index in [2.05, 4.69) is 5.32 Å². The molecule has 2 atom stereocenters. The van der Waals surface area contributed by atoms with Crippen LogP contribution in [0.5, 0.6) is 0 Å². The summed E-state index contributed by atoms with van der Waals surface area (Å²) >= 11 is 4.43. The molecular formula is C24H15F3N2O5S4. The molecule has 5 rings (SSSR count). The van der Waals surface area contributed by atoms with Gasteiger partial charge in [0.1, 0.15) is 17.1 Å². The average molecular weight is 597 g/mol. The van der Waals surface area contributed by atoms with E-state index >= 15 is 0 Å². The average Bonchev–Trinajstić information content (AvgIpc) is 3.39. The van der Waals surface area contributed by atoms with Crippen LogP contribution in [0.3, 0.4) is 0 Å². The highest BCUT2D eigenvalue weighted by molar-refractivity contribution is 8.04. The maximum Gasteiger partial charge on any atom is 0.352 e. The van der Waals surface area contributed by atoms with E-state index in [1.165, 1.54) is 34.6 Å². The number of carbonyl (C=O) groups excluding carboxylic acids is 2. The van der Waals surface area contributed by atoms with Gasteiger partial charge in [-0.25, -0.2) is 18.0 Å². The maximum absolute atomic E-state index is 14.2. The fourth-order valence-corrected chi connectivity index (χ4v) is 7.97. The van der Waals surface area contributed by atoms with Crippen molar-refractivity contribution in [2.45, 2.75) is 22.0 Å². The van der Waals surface area contributed by atoms with E-state index in [1.54, 1.807) is 0 Å². The van der Waals surface area contributed by atoms with Gasteiger partial charge in [0, 0.05) is 22.1 Å². The second-order valence-corrected chi connectivity index (χ2v) is 12.5. The summed E-state index contributed by atoms with van der Waals surface area (Å²) in [5.74, 6) is -6.52. The van der Waals surface area contributed by atoms with Crippen LogP contribution >= 0.6 is 46.2 Å². The lowest BCUT2D eigenvalue weighted by Crippen LogP contribution is -2.70. The summed E-state index contributed by atoms with van der Waals surface area (Å²) in [7, 11) is 0. The van der Waals surface area contributed by atoms with E-state index in [1.807, 2.05) is 17.5 Å². The molecule has 1 saturated heterocycles. The number of β-lactam (4-membered cyclic amide) rings is 1. The second kappa shape index (κ2) is 10.6. The van der Waals surface area contributed by atoms with Gasteiger partial charge in [-0.2, -0.15) is 0 Å². The van der Waals surface area contributed by atoms with Crippen molar-refractivity contribution in [3.05, 3.63) is 85.0 Å². The first-order valence-electron chi connectivity index (χ1n) is 10.8. The number of allylic oxidation sites excluding steroid dienone is 1. The zero-order chi connectivity index (χ0) is 27.1. The molecule has 1 aromatic carbocycles. The zero-order valence-electron chi connectivity index (χ0n) is 18.9. The van der Waals surface area contributed by atoms with Crippen molar-refractivity contribution < 1.29 is 32.7 Å². The highest BCUT2D eigenvalue weighted by Crippen LogP contribution is 2.41. The summed E-state index contributed by atoms with van der Waals surface area (Å²) in [6, 6.07) is 4.59. The minimum Gasteiger partial charge on any atom is -0.477 e. The monoisotopic (exact) mass is 596 g/mol. The Kier molecular flexibility index (Phi) is 7.40. The van der Waals surface area contributed by atoms with Crippen LogP contribution < -0.4 is 10.7 Å². The predicted octanol–water partition coefficient (Wildman–Crippen LogP) is 4.33. The molecule has 2 aliphatic heterocycles. The Labute approximate surface area is 229 Å². The van der Waals surface area contributed by atoms with Gasteiger partial charge in [-0.1, -0.05) is 17.8 Å². The molecule has 2 aliphatic rings. The molecule has 2 aromatic heterocycles. The third kappa shape index (κ3) is 4.88. The highest BCUT2D eigenvalue weighted by atomic mass is 32.2. The molecule has 2 N–H and O–H groups in total. The van der Waals surface area contributed by atoms with Gasteiger partial charge in [-0.15, -0.1) is 34.4 Å². The number of amides is 2. The third-order valence-electron chi connectivity index (χ3n) is 5.72. The fourth-order valence-electron chi connectivity index (χ4n) is 3.98. The lowest BCUT2D eigenvalue weighted by molar-refractivity contribution is -0.150. The largest absolute Gasteiger partial charge is 0.477 e. The van der Waals surface area contributed by atoms with Crippen LogP contribution in [0, 0.1) is 17.5 Å². The van der Waals surface area contributed by atoms with Gasteiger partial charge in [-0.05, 0) is 34.6 Å². The van der Waals surface area contributed by atoms with E-state index in [4.69, 9.17) is 0 Å². The Bertz CT molecular complexity index is 1600. The normalized spacial score (nSPS) is 19.1. The van der Waals surface area contributed by atoms with E-state index < -0.39 is 46.2 Å². The number of hydrogen-bond acceptors (Lipinski definition) is 8. The molecule has 0 aliphatic carbocycles. The van der Waals surface area contributed by atoms with Crippen LogP contribution in [0.4, 0.5) is 13.2 Å². The minimum absolute atomic E-state index is 0.123. The SMILES string of the molecule is O=C(Cc1cccs1)NC1C(=O)N2C(C(=O)O)=C(/C=C/Sc3cc(=O)c4cc(F)c(F)c(F)c4s3)CSC12. The van der Waals surface area contributed by atoms with Crippen molar-refractivity contribution in [3.8, 4) is 0 Å². The van der Waals surface area contributed by atoms with Crippen molar-refractivity contribution in [2.24, 2.45) is 0 Å². The Morgan fingerprint density at radius 3 is 2.71 bits per heavy atom. The molecule has 2 unspecified atom stereocenters. The smallest absolute Gasteiger partial charge is 0.352 e. The number of aliphatic carboxylic acids is 1. The quantitative estimate of drug-likeness (QED) is 0.238. The van der Waals surface area contributed by atoms with Gasteiger partial charge in [0.05, 0.1) is 15.3 Å². The number of carboxylic acid groups (broad SMARTS) is 1. The molecule has 0 saturated carbocycles.